The standard InChI is InChI=1S/C14H16ClN/c1-8-6-9(2)13-10-4-3-5-11(15)14(10)16-12(13)7-8/h3-5,8-9,16H,6-7H2,1-2H3. The zero-order chi connectivity index (χ0) is 11.3. The maximum Gasteiger partial charge on any atom is 0.0648 e. The monoisotopic (exact) mass is 233 g/mol. The normalized spacial score (nSPS) is 24.7. The van der Waals surface area contributed by atoms with Crippen molar-refractivity contribution in [2.24, 2.45) is 5.92 Å². The van der Waals surface area contributed by atoms with Gasteiger partial charge in [0.15, 0.2) is 0 Å². The number of fused-ring (bicyclic) bond motifs is 3. The molecule has 2 heteroatoms. The molecule has 1 N–H and O–H groups in total. The second kappa shape index (κ2) is 3.53. The Labute approximate surface area is 101 Å². The Kier molecular flexibility index (Phi) is 2.25. The molecular formula is C14H16ClN. The highest BCUT2D eigenvalue weighted by Gasteiger charge is 2.25. The zero-order valence-corrected chi connectivity index (χ0v) is 10.4. The summed E-state index contributed by atoms with van der Waals surface area (Å²) in [5, 5.41) is 2.16. The van der Waals surface area contributed by atoms with Gasteiger partial charge in [0.2, 0.25) is 0 Å². The van der Waals surface area contributed by atoms with E-state index >= 15 is 0 Å². The maximum absolute atomic E-state index is 6.23. The van der Waals surface area contributed by atoms with Crippen LogP contribution in [0.1, 0.15) is 37.4 Å². The van der Waals surface area contributed by atoms with E-state index in [2.05, 4.69) is 24.9 Å². The van der Waals surface area contributed by atoms with Crippen LogP contribution in [0.25, 0.3) is 10.9 Å². The number of aromatic amines is 1. The number of nitrogens with one attached hydrogen (secondary N) is 1. The molecule has 2 unspecified atom stereocenters. The highest BCUT2D eigenvalue weighted by molar-refractivity contribution is 6.35. The molecule has 0 amide bonds. The fourth-order valence-corrected chi connectivity index (χ4v) is 3.36. The summed E-state index contributed by atoms with van der Waals surface area (Å²) in [6.07, 6.45) is 2.44. The number of halogens is 1. The van der Waals surface area contributed by atoms with Crippen LogP contribution >= 0.6 is 11.6 Å². The van der Waals surface area contributed by atoms with Crippen LogP contribution in [0.5, 0.6) is 0 Å². The summed E-state index contributed by atoms with van der Waals surface area (Å²) in [6, 6.07) is 6.19. The molecule has 0 saturated heterocycles. The van der Waals surface area contributed by atoms with Gasteiger partial charge < -0.3 is 4.98 Å². The van der Waals surface area contributed by atoms with Crippen molar-refractivity contribution in [1.82, 2.24) is 4.98 Å². The quantitative estimate of drug-likeness (QED) is 0.689. The number of hydrogen-bond acceptors (Lipinski definition) is 0. The third-order valence-corrected chi connectivity index (χ3v) is 4.02. The number of H-pyrrole nitrogens is 1. The van der Waals surface area contributed by atoms with Crippen molar-refractivity contribution in [3.63, 3.8) is 0 Å². The molecule has 84 valence electrons. The lowest BCUT2D eigenvalue weighted by molar-refractivity contribution is 0.448. The lowest BCUT2D eigenvalue weighted by Crippen LogP contribution is -2.13. The van der Waals surface area contributed by atoms with Crippen LogP contribution in [0, 0.1) is 5.92 Å². The van der Waals surface area contributed by atoms with Crippen LogP contribution in [0.2, 0.25) is 5.02 Å². The zero-order valence-electron chi connectivity index (χ0n) is 9.68. The fourth-order valence-electron chi connectivity index (χ4n) is 3.13. The first-order chi connectivity index (χ1) is 7.66. The summed E-state index contributed by atoms with van der Waals surface area (Å²) in [6.45, 7) is 4.65. The smallest absolute Gasteiger partial charge is 0.0648 e. The van der Waals surface area contributed by atoms with Gasteiger partial charge in [-0.05, 0) is 36.3 Å². The van der Waals surface area contributed by atoms with E-state index in [1.165, 1.54) is 23.1 Å². The molecule has 0 radical (unpaired) electrons. The molecule has 1 aromatic heterocycles. The molecule has 1 aromatic carbocycles. The first-order valence-corrected chi connectivity index (χ1v) is 6.33. The molecule has 0 fully saturated rings. The molecule has 1 nitrogen and oxygen atoms in total. The lowest BCUT2D eigenvalue weighted by atomic mass is 9.81. The van der Waals surface area contributed by atoms with Crippen molar-refractivity contribution >= 4 is 22.5 Å². The van der Waals surface area contributed by atoms with E-state index in [9.17, 15) is 0 Å². The van der Waals surface area contributed by atoms with Crippen molar-refractivity contribution in [1.29, 1.82) is 0 Å². The molecule has 1 heterocycles. The lowest BCUT2D eigenvalue weighted by Gasteiger charge is -2.24. The Morgan fingerprint density at radius 1 is 1.31 bits per heavy atom. The SMILES string of the molecule is CC1Cc2[nH]c3c(Cl)cccc3c2C(C)C1. The third kappa shape index (κ3) is 1.38. The Bertz CT molecular complexity index is 541. The van der Waals surface area contributed by atoms with Gasteiger partial charge in [-0.25, -0.2) is 0 Å². The molecule has 2 atom stereocenters. The van der Waals surface area contributed by atoms with Crippen LogP contribution in [-0.4, -0.2) is 4.98 Å². The molecule has 0 spiro atoms. The van der Waals surface area contributed by atoms with E-state index in [-0.39, 0.29) is 0 Å². The van der Waals surface area contributed by atoms with Crippen LogP contribution in [0.3, 0.4) is 0 Å². The van der Waals surface area contributed by atoms with Crippen molar-refractivity contribution < 1.29 is 0 Å². The average molecular weight is 234 g/mol. The van der Waals surface area contributed by atoms with E-state index in [1.54, 1.807) is 0 Å². The van der Waals surface area contributed by atoms with E-state index in [4.69, 9.17) is 11.6 Å². The van der Waals surface area contributed by atoms with Gasteiger partial charge in [0.05, 0.1) is 10.5 Å². The molecule has 1 aliphatic carbocycles. The fraction of sp³-hybridized carbons (Fsp3) is 0.429. The van der Waals surface area contributed by atoms with Crippen molar-refractivity contribution in [3.8, 4) is 0 Å². The molecule has 2 aromatic rings. The summed E-state index contributed by atoms with van der Waals surface area (Å²) in [4.78, 5) is 3.51. The number of rotatable bonds is 0. The van der Waals surface area contributed by atoms with Crippen LogP contribution in [0.4, 0.5) is 0 Å². The Balaban J connectivity index is 2.30. The second-order valence-electron chi connectivity index (χ2n) is 5.13. The first kappa shape index (κ1) is 10.2. The highest BCUT2D eigenvalue weighted by atomic mass is 35.5. The van der Waals surface area contributed by atoms with Gasteiger partial charge in [-0.15, -0.1) is 0 Å². The predicted molar refractivity (Wildman–Crippen MR) is 69.2 cm³/mol. The van der Waals surface area contributed by atoms with Gasteiger partial charge in [0.25, 0.3) is 0 Å². The van der Waals surface area contributed by atoms with Crippen molar-refractivity contribution in [3.05, 3.63) is 34.5 Å². The summed E-state index contributed by atoms with van der Waals surface area (Å²) < 4.78 is 0. The average Bonchev–Trinajstić information content (AvgIpc) is 2.57. The van der Waals surface area contributed by atoms with Gasteiger partial charge in [-0.3, -0.25) is 0 Å². The highest BCUT2D eigenvalue weighted by Crippen LogP contribution is 2.40. The molecular weight excluding hydrogens is 218 g/mol. The van der Waals surface area contributed by atoms with Gasteiger partial charge in [0.1, 0.15) is 0 Å². The predicted octanol–water partition coefficient (Wildman–Crippen LogP) is 4.51. The van der Waals surface area contributed by atoms with E-state index in [0.717, 1.165) is 22.9 Å². The maximum atomic E-state index is 6.23. The largest absolute Gasteiger partial charge is 0.357 e. The Morgan fingerprint density at radius 2 is 2.12 bits per heavy atom. The minimum absolute atomic E-state index is 0.644. The summed E-state index contributed by atoms with van der Waals surface area (Å²) >= 11 is 6.23. The molecule has 16 heavy (non-hydrogen) atoms. The number of hydrogen-bond donors (Lipinski definition) is 1. The topological polar surface area (TPSA) is 15.8 Å². The number of benzene rings is 1. The van der Waals surface area contributed by atoms with Gasteiger partial charge in [-0.1, -0.05) is 37.6 Å². The summed E-state index contributed by atoms with van der Waals surface area (Å²) in [5.41, 5.74) is 4.01. The van der Waals surface area contributed by atoms with E-state index in [0.29, 0.717) is 5.92 Å². The second-order valence-corrected chi connectivity index (χ2v) is 5.53. The molecule has 0 aliphatic heterocycles. The van der Waals surface area contributed by atoms with E-state index in [1.807, 2.05) is 12.1 Å². The Hall–Kier alpha value is -0.950. The van der Waals surface area contributed by atoms with Crippen LogP contribution in [0.15, 0.2) is 18.2 Å². The third-order valence-electron chi connectivity index (χ3n) is 3.71. The number of para-hydroxylation sites is 1. The van der Waals surface area contributed by atoms with Crippen molar-refractivity contribution in [2.45, 2.75) is 32.6 Å². The van der Waals surface area contributed by atoms with E-state index < -0.39 is 0 Å². The first-order valence-electron chi connectivity index (χ1n) is 5.95. The minimum atomic E-state index is 0.644. The molecule has 0 saturated carbocycles. The molecule has 1 aliphatic rings. The summed E-state index contributed by atoms with van der Waals surface area (Å²) in [7, 11) is 0. The van der Waals surface area contributed by atoms with Crippen LogP contribution in [-0.2, 0) is 6.42 Å². The van der Waals surface area contributed by atoms with Crippen molar-refractivity contribution in [2.75, 3.05) is 0 Å². The van der Waals surface area contributed by atoms with Gasteiger partial charge in [0, 0.05) is 11.1 Å². The Morgan fingerprint density at radius 3 is 2.94 bits per heavy atom. The molecule has 3 rings (SSSR count). The number of aromatic nitrogens is 1. The van der Waals surface area contributed by atoms with Gasteiger partial charge in [-0.2, -0.15) is 0 Å². The minimum Gasteiger partial charge on any atom is -0.357 e. The van der Waals surface area contributed by atoms with Crippen LogP contribution < -0.4 is 0 Å². The van der Waals surface area contributed by atoms with Gasteiger partial charge >= 0.3 is 0 Å². The summed E-state index contributed by atoms with van der Waals surface area (Å²) in [5.74, 6) is 1.42. The molecule has 0 bridgehead atoms.